The minimum atomic E-state index is -0.949. The highest BCUT2D eigenvalue weighted by Crippen LogP contribution is 2.47. The molecule has 0 amide bonds. The van der Waals surface area contributed by atoms with Crippen molar-refractivity contribution in [3.05, 3.63) is 145 Å². The lowest BCUT2D eigenvalue weighted by Crippen LogP contribution is -2.36. The molecule has 4 aromatic carbocycles. The van der Waals surface area contributed by atoms with Crippen molar-refractivity contribution in [2.24, 2.45) is 23.7 Å². The fraction of sp³-hybridized carbons (Fsp3) is 0.351. The van der Waals surface area contributed by atoms with Crippen molar-refractivity contribution in [1.82, 2.24) is 0 Å². The van der Waals surface area contributed by atoms with Gasteiger partial charge in [-0.3, -0.25) is 19.2 Å². The highest BCUT2D eigenvalue weighted by molar-refractivity contribution is 5.90. The predicted octanol–water partition coefficient (Wildman–Crippen LogP) is 9.63. The van der Waals surface area contributed by atoms with Gasteiger partial charge in [-0.15, -0.1) is 6.42 Å². The van der Waals surface area contributed by atoms with Crippen LogP contribution in [0.25, 0.3) is 11.1 Å². The van der Waals surface area contributed by atoms with Gasteiger partial charge >= 0.3 is 41.8 Å². The molecule has 0 heterocycles. The minimum absolute atomic E-state index is 0.141. The summed E-state index contributed by atoms with van der Waals surface area (Å²) in [5.74, 6) is -1.77. The van der Waals surface area contributed by atoms with Crippen molar-refractivity contribution in [2.45, 2.75) is 88.6 Å². The molecule has 3 saturated carbocycles. The minimum Gasteiger partial charge on any atom is -0.451 e. The Morgan fingerprint density at radius 2 is 0.930 bits per heavy atom. The maximum atomic E-state index is 14.0. The fourth-order valence-corrected chi connectivity index (χ4v) is 9.47. The van der Waals surface area contributed by atoms with Crippen LogP contribution in [0.15, 0.2) is 122 Å². The van der Waals surface area contributed by atoms with Crippen molar-refractivity contribution in [3.8, 4) is 35.0 Å². The molecular weight excluding hydrogens is 909 g/mol. The summed E-state index contributed by atoms with van der Waals surface area (Å²) >= 11 is 0. The van der Waals surface area contributed by atoms with Crippen LogP contribution in [-0.4, -0.2) is 55.4 Å². The summed E-state index contributed by atoms with van der Waals surface area (Å²) in [5.41, 5.74) is 4.03. The molecule has 3 aliphatic carbocycles. The zero-order valence-electron chi connectivity index (χ0n) is 39.4. The molecule has 71 heavy (non-hydrogen) atoms. The largest absolute Gasteiger partial charge is 0.451 e. The summed E-state index contributed by atoms with van der Waals surface area (Å²) in [6.45, 7) is 5.61. The van der Waals surface area contributed by atoms with Crippen molar-refractivity contribution >= 4 is 41.8 Å². The molecule has 0 radical (unpaired) electrons. The molecule has 0 aromatic heterocycles. The summed E-state index contributed by atoms with van der Waals surface area (Å²) in [7, 11) is 0. The van der Waals surface area contributed by atoms with Crippen LogP contribution in [0.2, 0.25) is 0 Å². The van der Waals surface area contributed by atoms with Gasteiger partial charge in [0.05, 0.1) is 29.2 Å². The second kappa shape index (κ2) is 24.2. The van der Waals surface area contributed by atoms with Gasteiger partial charge in [-0.1, -0.05) is 67.6 Å². The highest BCUT2D eigenvalue weighted by atomic mass is 16.7. The van der Waals surface area contributed by atoms with Crippen molar-refractivity contribution in [1.29, 1.82) is 0 Å². The Morgan fingerprint density at radius 1 is 0.521 bits per heavy atom. The average molecular weight is 965 g/mol. The smallest absolute Gasteiger partial charge is 0.339 e. The first-order valence-corrected chi connectivity index (χ1v) is 23.8. The zero-order chi connectivity index (χ0) is 50.3. The Morgan fingerprint density at radius 3 is 1.35 bits per heavy atom. The van der Waals surface area contributed by atoms with Gasteiger partial charge in [-0.25, -0.2) is 14.4 Å². The molecule has 4 aromatic rings. The van der Waals surface area contributed by atoms with Crippen LogP contribution in [0.5, 0.6) is 11.5 Å². The van der Waals surface area contributed by atoms with E-state index >= 15 is 0 Å². The Balaban J connectivity index is 0.950. The van der Waals surface area contributed by atoms with Gasteiger partial charge in [-0.2, -0.15) is 0 Å². The molecule has 7 rings (SSSR count). The molecule has 3 fully saturated rings. The highest BCUT2D eigenvalue weighted by Gasteiger charge is 2.41. The van der Waals surface area contributed by atoms with Gasteiger partial charge in [0.25, 0.3) is 0 Å². The van der Waals surface area contributed by atoms with Crippen LogP contribution >= 0.6 is 0 Å². The lowest BCUT2D eigenvalue weighted by atomic mass is 9.72. The van der Waals surface area contributed by atoms with Crippen LogP contribution in [0.4, 0.5) is 0 Å². The maximum absolute atomic E-state index is 14.0. The second-order valence-corrected chi connectivity index (χ2v) is 18.0. The Hall–Kier alpha value is -7.79. The summed E-state index contributed by atoms with van der Waals surface area (Å²) in [4.78, 5) is 87.5. The molecule has 0 N–H and O–H groups in total. The van der Waals surface area contributed by atoms with E-state index in [1.807, 2.05) is 60.7 Å². The Bertz CT molecular complexity index is 2600. The SMILES string of the molecule is C#Cc1ccc(-c2ccc(C3(OC(=O)c4ccc(OC(=O)C5CCC(C(=O)OCOC(=O)C=C)CC5)cc4)CCC(c4ccc(OC(=O)C5CCC(C(=O)OCOC(=O)C=C)CC5)cc4)CC3)cc2)cc1. The number of benzene rings is 4. The molecule has 0 saturated heterocycles. The zero-order valence-corrected chi connectivity index (χ0v) is 39.4. The predicted molar refractivity (Wildman–Crippen MR) is 258 cm³/mol. The van der Waals surface area contributed by atoms with E-state index in [4.69, 9.17) is 39.6 Å². The maximum Gasteiger partial charge on any atom is 0.339 e. The molecule has 14 heteroatoms. The third kappa shape index (κ3) is 13.5. The summed E-state index contributed by atoms with van der Waals surface area (Å²) in [6, 6.07) is 29.5. The third-order valence-electron chi connectivity index (χ3n) is 13.7. The summed E-state index contributed by atoms with van der Waals surface area (Å²) < 4.78 is 37.5. The fourth-order valence-electron chi connectivity index (χ4n) is 9.47. The van der Waals surface area contributed by atoms with E-state index in [0.29, 0.717) is 88.4 Å². The van der Waals surface area contributed by atoms with Gasteiger partial charge in [0, 0.05) is 17.7 Å². The van der Waals surface area contributed by atoms with E-state index in [1.54, 1.807) is 36.4 Å². The van der Waals surface area contributed by atoms with Gasteiger partial charge in [-0.05, 0) is 154 Å². The first kappa shape index (κ1) is 51.1. The van der Waals surface area contributed by atoms with Crippen LogP contribution in [0, 0.1) is 36.0 Å². The van der Waals surface area contributed by atoms with Crippen LogP contribution in [-0.2, 0) is 58.1 Å². The molecule has 0 aliphatic heterocycles. The first-order chi connectivity index (χ1) is 34.4. The second-order valence-electron chi connectivity index (χ2n) is 18.0. The third-order valence-corrected chi connectivity index (χ3v) is 13.7. The Kier molecular flexibility index (Phi) is 17.4. The number of ether oxygens (including phenoxy) is 7. The van der Waals surface area contributed by atoms with Crippen molar-refractivity contribution in [3.63, 3.8) is 0 Å². The standard InChI is InChI=1S/C57H56O14/c1-4-37-7-9-38(10-8-37)39-19-25-47(26-20-39)57(71-56(64)46-23-29-49(30-24-46)70-55(63)45-17-13-43(14-18-45)53(61)68-36-66-51(59)6-3)33-31-41(32-34-57)40-21-27-48(28-22-40)69-54(62)44-15-11-42(12-16-44)52(60)67-35-65-50(58)5-2/h1,5-10,19-30,41-45H,2-3,11-18,31-36H2. The van der Waals surface area contributed by atoms with Crippen LogP contribution in [0.1, 0.15) is 110 Å². The normalized spacial score (nSPS) is 21.6. The number of carbonyl (C=O) groups is 7. The number of hydrogen-bond donors (Lipinski definition) is 0. The Labute approximate surface area is 412 Å². The van der Waals surface area contributed by atoms with Crippen molar-refractivity contribution in [2.75, 3.05) is 13.6 Å². The van der Waals surface area contributed by atoms with Gasteiger partial charge in [0.15, 0.2) is 0 Å². The molecule has 0 bridgehead atoms. The average Bonchev–Trinajstić information content (AvgIpc) is 3.41. The number of carbonyl (C=O) groups excluding carboxylic acids is 7. The molecule has 0 spiro atoms. The van der Waals surface area contributed by atoms with E-state index in [0.717, 1.165) is 40.0 Å². The van der Waals surface area contributed by atoms with Crippen molar-refractivity contribution < 1.29 is 66.7 Å². The van der Waals surface area contributed by atoms with E-state index in [9.17, 15) is 33.6 Å². The van der Waals surface area contributed by atoms with E-state index in [-0.39, 0.29) is 23.6 Å². The molecular formula is C57H56O14. The quantitative estimate of drug-likeness (QED) is 0.0243. The van der Waals surface area contributed by atoms with Gasteiger partial charge in [0.1, 0.15) is 17.1 Å². The lowest BCUT2D eigenvalue weighted by Gasteiger charge is -2.40. The van der Waals surface area contributed by atoms with E-state index < -0.39 is 72.8 Å². The monoisotopic (exact) mass is 964 g/mol. The lowest BCUT2D eigenvalue weighted by molar-refractivity contribution is -0.170. The topological polar surface area (TPSA) is 184 Å². The van der Waals surface area contributed by atoms with Crippen LogP contribution in [0.3, 0.4) is 0 Å². The molecule has 3 aliphatic rings. The number of terminal acetylenes is 1. The van der Waals surface area contributed by atoms with Gasteiger partial charge in [0.2, 0.25) is 13.6 Å². The number of esters is 7. The number of rotatable bonds is 17. The molecule has 14 nitrogen and oxygen atoms in total. The molecule has 368 valence electrons. The molecule has 0 unspecified atom stereocenters. The van der Waals surface area contributed by atoms with Crippen LogP contribution < -0.4 is 9.47 Å². The van der Waals surface area contributed by atoms with E-state index in [1.165, 1.54) is 0 Å². The number of hydrogen-bond acceptors (Lipinski definition) is 14. The summed E-state index contributed by atoms with van der Waals surface area (Å²) in [6.07, 6.45) is 13.5. The first-order valence-electron chi connectivity index (χ1n) is 23.8. The molecule has 0 atom stereocenters. The van der Waals surface area contributed by atoms with E-state index in [2.05, 4.69) is 19.1 Å². The van der Waals surface area contributed by atoms with Gasteiger partial charge < -0.3 is 33.2 Å². The summed E-state index contributed by atoms with van der Waals surface area (Å²) in [5, 5.41) is 0.